The zero-order chi connectivity index (χ0) is 44.9. The third kappa shape index (κ3) is 6.49. The fourth-order valence-corrected chi connectivity index (χ4v) is 11.5. The van der Waals surface area contributed by atoms with E-state index in [2.05, 4.69) is 107 Å². The van der Waals surface area contributed by atoms with Crippen LogP contribution in [0.4, 0.5) is 0 Å². The molecule has 0 radical (unpaired) electrons. The van der Waals surface area contributed by atoms with Crippen molar-refractivity contribution < 1.29 is 10.4 Å². The van der Waals surface area contributed by atoms with Gasteiger partial charge in [0.2, 0.25) is 0 Å². The topological polar surface area (TPSA) is 125 Å². The summed E-state index contributed by atoms with van der Waals surface area (Å²) in [7, 11) is 0. The molecule has 2 aromatic carbocycles. The molecule has 0 bridgehead atoms. The summed E-state index contributed by atoms with van der Waals surface area (Å²) in [6.45, 7) is 28.8. The second-order valence-corrected chi connectivity index (χ2v) is 22.6. The summed E-state index contributed by atoms with van der Waals surface area (Å²) in [6.07, 6.45) is 9.18. The van der Waals surface area contributed by atoms with Crippen LogP contribution in [0.5, 0.6) is 0 Å². The third-order valence-electron chi connectivity index (χ3n) is 14.6. The zero-order valence-electron chi connectivity index (χ0n) is 38.6. The first-order valence-corrected chi connectivity index (χ1v) is 22.0. The molecule has 10 nitrogen and oxygen atoms in total. The Morgan fingerprint density at radius 2 is 1.03 bits per heavy atom. The maximum absolute atomic E-state index is 14.5. The van der Waals surface area contributed by atoms with Crippen LogP contribution in [0.25, 0.3) is 38.4 Å². The lowest BCUT2D eigenvalue weighted by atomic mass is 9.61. The summed E-state index contributed by atoms with van der Waals surface area (Å²) in [4.78, 5) is 56.5. The Morgan fingerprint density at radius 1 is 0.607 bits per heavy atom. The van der Waals surface area contributed by atoms with E-state index in [1.54, 1.807) is 0 Å². The number of rotatable bonds is 3. The highest BCUT2D eigenvalue weighted by atomic mass is 16.5. The fraction of sp³-hybridized carbons (Fsp3) is 0.529. The van der Waals surface area contributed by atoms with Crippen molar-refractivity contribution >= 4 is 38.4 Å². The van der Waals surface area contributed by atoms with Crippen molar-refractivity contribution in [1.82, 2.24) is 19.3 Å². The molecule has 4 aliphatic rings. The van der Waals surface area contributed by atoms with Gasteiger partial charge in [0.1, 0.15) is 0 Å². The molecular weight excluding hydrogens is 765 g/mol. The lowest BCUT2D eigenvalue weighted by Gasteiger charge is -2.52. The third-order valence-corrected chi connectivity index (χ3v) is 14.6. The summed E-state index contributed by atoms with van der Waals surface area (Å²) in [5.41, 5.74) is 3.67. The van der Waals surface area contributed by atoms with E-state index in [1.165, 1.54) is 53.7 Å². The highest BCUT2D eigenvalue weighted by molar-refractivity contribution is 5.99. The molecule has 2 unspecified atom stereocenters. The number of benzene rings is 2. The van der Waals surface area contributed by atoms with Gasteiger partial charge >= 0.3 is 0 Å². The number of fused-ring (bicyclic) bond motifs is 4. The molecular formula is C51H64N4O6. The van der Waals surface area contributed by atoms with Gasteiger partial charge in [0.05, 0.1) is 21.5 Å². The molecule has 2 aromatic heterocycles. The molecule has 8 rings (SSSR count). The molecule has 2 aliphatic heterocycles. The standard InChI is InChI=1S/C51H64N4O6/c1-15-47(5,6)53-44(58)38-22-36-37(23-39(38)45(53)59)43(57)52(42(36)56)31-17-19-33-35(21-31)41(29-26-50(11,12)55(61)51(13,14)27-29)32-18-16-30(46(2,3)4)20-34(32)40(33)28-24-48(7,8)54(60)49(9,10)25-28/h16-23,33,35,60-61H,15,24-27H2,1-14H3. The summed E-state index contributed by atoms with van der Waals surface area (Å²) in [6, 6.07) is 9.72. The molecule has 0 saturated carbocycles. The van der Waals surface area contributed by atoms with Gasteiger partial charge in [0.25, 0.3) is 22.2 Å². The lowest BCUT2D eigenvalue weighted by molar-refractivity contribution is -0.232. The van der Waals surface area contributed by atoms with Crippen LogP contribution in [0.2, 0.25) is 0 Å². The number of hydrogen-bond acceptors (Lipinski definition) is 8. The molecule has 324 valence electrons. The summed E-state index contributed by atoms with van der Waals surface area (Å²) in [5.74, 6) is -0.454. The van der Waals surface area contributed by atoms with E-state index in [0.717, 1.165) is 16.7 Å². The van der Waals surface area contributed by atoms with Crippen molar-refractivity contribution in [2.24, 2.45) is 11.8 Å². The van der Waals surface area contributed by atoms with Gasteiger partial charge in [-0.2, -0.15) is 10.1 Å². The molecule has 61 heavy (non-hydrogen) atoms. The monoisotopic (exact) mass is 828 g/mol. The second kappa shape index (κ2) is 13.5. The summed E-state index contributed by atoms with van der Waals surface area (Å²) >= 11 is 0. The molecule has 0 spiro atoms. The van der Waals surface area contributed by atoms with Gasteiger partial charge < -0.3 is 10.4 Å². The van der Waals surface area contributed by atoms with E-state index < -0.39 is 49.9 Å². The van der Waals surface area contributed by atoms with Gasteiger partial charge in [-0.3, -0.25) is 23.7 Å². The van der Waals surface area contributed by atoms with Crippen LogP contribution in [0.15, 0.2) is 78.9 Å². The maximum atomic E-state index is 14.5. The quantitative estimate of drug-likeness (QED) is 0.210. The molecule has 2 fully saturated rings. The number of aromatic nitrogens is 2. The molecule has 4 heterocycles. The number of nitrogens with zero attached hydrogens (tertiary/aromatic N) is 4. The van der Waals surface area contributed by atoms with E-state index in [1.807, 2.05) is 26.8 Å². The van der Waals surface area contributed by atoms with Crippen molar-refractivity contribution in [3.05, 3.63) is 118 Å². The molecule has 2 saturated heterocycles. The minimum atomic E-state index is -0.738. The number of hydrogen-bond donors (Lipinski definition) is 2. The van der Waals surface area contributed by atoms with E-state index >= 15 is 0 Å². The van der Waals surface area contributed by atoms with E-state index in [9.17, 15) is 29.6 Å². The largest absolute Gasteiger partial charge is 0.313 e. The van der Waals surface area contributed by atoms with E-state index in [0.29, 0.717) is 37.8 Å². The van der Waals surface area contributed by atoms with Crippen LogP contribution < -0.4 is 22.2 Å². The molecule has 4 aromatic rings. The first kappa shape index (κ1) is 43.2. The van der Waals surface area contributed by atoms with Crippen LogP contribution in [-0.4, -0.2) is 51.8 Å². The van der Waals surface area contributed by atoms with Crippen LogP contribution in [0.1, 0.15) is 146 Å². The molecule has 0 amide bonds. The van der Waals surface area contributed by atoms with Crippen LogP contribution >= 0.6 is 0 Å². The normalized spacial score (nSPS) is 24.1. The van der Waals surface area contributed by atoms with Gasteiger partial charge in [0, 0.05) is 45.2 Å². The van der Waals surface area contributed by atoms with Crippen molar-refractivity contribution in [1.29, 1.82) is 0 Å². The molecule has 10 heteroatoms. The number of hydroxylamine groups is 4. The minimum absolute atomic E-state index is 0.113. The highest BCUT2D eigenvalue weighted by Crippen LogP contribution is 2.57. The maximum Gasteiger partial charge on any atom is 0.266 e. The van der Waals surface area contributed by atoms with Crippen molar-refractivity contribution in [2.75, 3.05) is 0 Å². The molecule has 2 N–H and O–H groups in total. The Labute approximate surface area is 358 Å². The Kier molecular flexibility index (Phi) is 9.56. The summed E-state index contributed by atoms with van der Waals surface area (Å²) in [5, 5.41) is 26.5. The van der Waals surface area contributed by atoms with Crippen molar-refractivity contribution in [3.63, 3.8) is 0 Å². The fourth-order valence-electron chi connectivity index (χ4n) is 11.5. The smallest absolute Gasteiger partial charge is 0.266 e. The Balaban J connectivity index is 1.42. The summed E-state index contributed by atoms with van der Waals surface area (Å²) < 4.78 is 2.46. The van der Waals surface area contributed by atoms with Gasteiger partial charge in [0.15, 0.2) is 0 Å². The predicted octanol–water partition coefficient (Wildman–Crippen LogP) is 9.30. The first-order chi connectivity index (χ1) is 28.0. The Hall–Kier alpha value is -4.48. The predicted molar refractivity (Wildman–Crippen MR) is 246 cm³/mol. The first-order valence-electron chi connectivity index (χ1n) is 22.0. The Morgan fingerprint density at radius 3 is 1.46 bits per heavy atom. The average molecular weight is 829 g/mol. The highest BCUT2D eigenvalue weighted by Gasteiger charge is 2.49. The lowest BCUT2D eigenvalue weighted by Crippen LogP contribution is -2.57. The minimum Gasteiger partial charge on any atom is -0.313 e. The van der Waals surface area contributed by atoms with Gasteiger partial charge in [-0.05, 0) is 153 Å². The van der Waals surface area contributed by atoms with Crippen molar-refractivity contribution in [3.8, 4) is 0 Å². The van der Waals surface area contributed by atoms with E-state index in [-0.39, 0.29) is 38.8 Å². The SMILES string of the molecule is CCC(C)(C)n1c(=O)c2cc3c(=O)n(C4=CC5C(=C6CC(C)(C)N(O)C(C)(C)C6)c6ccc(C(C)(C)C)cc6C(=C6CC(C)(C)N(O)C(C)(C)C6)C5C=C4)c(=O)c3cc2c1=O. The molecule has 2 atom stereocenters. The molecule has 2 aliphatic carbocycles. The van der Waals surface area contributed by atoms with Crippen LogP contribution in [-0.2, 0) is 11.0 Å². The van der Waals surface area contributed by atoms with Crippen LogP contribution in [0, 0.1) is 11.8 Å². The van der Waals surface area contributed by atoms with Gasteiger partial charge in [-0.1, -0.05) is 69.2 Å². The van der Waals surface area contributed by atoms with Crippen LogP contribution in [0.3, 0.4) is 0 Å². The van der Waals surface area contributed by atoms with Gasteiger partial charge in [-0.15, -0.1) is 0 Å². The van der Waals surface area contributed by atoms with Gasteiger partial charge in [-0.25, -0.2) is 4.57 Å². The number of allylic oxidation sites excluding steroid dienone is 6. The average Bonchev–Trinajstić information content (AvgIpc) is 3.55. The van der Waals surface area contributed by atoms with Crippen molar-refractivity contribution in [2.45, 2.75) is 162 Å². The zero-order valence-corrected chi connectivity index (χ0v) is 38.6. The second-order valence-electron chi connectivity index (χ2n) is 22.6. The van der Waals surface area contributed by atoms with E-state index in [4.69, 9.17) is 0 Å². The Bertz CT molecular complexity index is 2770. The number of piperidine rings is 2.